The molecule has 0 aromatic heterocycles. The molecule has 0 N–H and O–H groups in total. The van der Waals surface area contributed by atoms with Gasteiger partial charge in [0.05, 0.1) is 6.61 Å². The molecule has 0 amide bonds. The summed E-state index contributed by atoms with van der Waals surface area (Å²) in [6.07, 6.45) is 2.52. The number of benzene rings is 2. The lowest BCUT2D eigenvalue weighted by Gasteiger charge is -2.29. The number of rotatable bonds is 2. The van der Waals surface area contributed by atoms with Gasteiger partial charge in [0.2, 0.25) is 0 Å². The highest BCUT2D eigenvalue weighted by Crippen LogP contribution is 2.33. The maximum Gasteiger partial charge on any atom is 0.0506 e. The molecule has 0 spiro atoms. The van der Waals surface area contributed by atoms with Crippen LogP contribution in [0.25, 0.3) is 11.1 Å². The van der Waals surface area contributed by atoms with E-state index in [1.807, 2.05) is 0 Å². The van der Waals surface area contributed by atoms with E-state index in [1.165, 1.54) is 35.1 Å². The number of hydrogen-bond donors (Lipinski definition) is 0. The van der Waals surface area contributed by atoms with Gasteiger partial charge in [-0.15, -0.1) is 0 Å². The molecule has 0 radical (unpaired) electrons. The molecule has 2 aliphatic heterocycles. The van der Waals surface area contributed by atoms with E-state index in [0.29, 0.717) is 5.92 Å². The van der Waals surface area contributed by atoms with E-state index in [1.54, 1.807) is 0 Å². The summed E-state index contributed by atoms with van der Waals surface area (Å²) in [5, 5.41) is 0. The number of ether oxygens (including phenoxy) is 1. The minimum absolute atomic E-state index is 0.686. The first-order chi connectivity index (χ1) is 10.9. The maximum atomic E-state index is 5.67. The van der Waals surface area contributed by atoms with E-state index < -0.39 is 0 Å². The first-order valence-electron chi connectivity index (χ1n) is 8.36. The van der Waals surface area contributed by atoms with Crippen molar-refractivity contribution in [2.75, 3.05) is 19.8 Å². The molecule has 22 heavy (non-hydrogen) atoms. The smallest absolute Gasteiger partial charge is 0.0506 e. The van der Waals surface area contributed by atoms with Crippen LogP contribution in [0.15, 0.2) is 48.5 Å². The fraction of sp³-hybridized carbons (Fsp3) is 0.400. The lowest BCUT2D eigenvalue weighted by molar-refractivity contribution is 0.0361. The average molecular weight is 293 g/mol. The van der Waals surface area contributed by atoms with Gasteiger partial charge in [0, 0.05) is 26.2 Å². The first kappa shape index (κ1) is 14.0. The molecule has 1 fully saturated rings. The van der Waals surface area contributed by atoms with E-state index in [9.17, 15) is 0 Å². The Labute approximate surface area is 132 Å². The van der Waals surface area contributed by atoms with Crippen molar-refractivity contribution in [3.05, 3.63) is 59.7 Å². The Balaban J connectivity index is 1.64. The Kier molecular flexibility index (Phi) is 3.96. The monoisotopic (exact) mass is 293 g/mol. The van der Waals surface area contributed by atoms with Gasteiger partial charge in [-0.3, -0.25) is 4.90 Å². The van der Waals surface area contributed by atoms with Crippen LogP contribution in [0.3, 0.4) is 0 Å². The van der Waals surface area contributed by atoms with Crippen molar-refractivity contribution in [3.63, 3.8) is 0 Å². The number of hydrogen-bond acceptors (Lipinski definition) is 2. The van der Waals surface area contributed by atoms with Gasteiger partial charge in [-0.2, -0.15) is 0 Å². The Hall–Kier alpha value is -1.64. The van der Waals surface area contributed by atoms with Crippen molar-refractivity contribution in [2.24, 2.45) is 5.92 Å². The van der Waals surface area contributed by atoms with Crippen LogP contribution in [0.4, 0.5) is 0 Å². The summed E-state index contributed by atoms with van der Waals surface area (Å²) in [7, 11) is 0. The zero-order valence-corrected chi connectivity index (χ0v) is 13.0. The molecule has 2 heterocycles. The highest BCUT2D eigenvalue weighted by molar-refractivity contribution is 5.71. The summed E-state index contributed by atoms with van der Waals surface area (Å²) < 4.78 is 5.67. The van der Waals surface area contributed by atoms with Gasteiger partial charge in [-0.25, -0.2) is 0 Å². The molecule has 0 aliphatic carbocycles. The molecular formula is C20H23NO. The quantitative estimate of drug-likeness (QED) is 0.826. The topological polar surface area (TPSA) is 12.5 Å². The zero-order chi connectivity index (χ0) is 14.8. The molecule has 2 nitrogen and oxygen atoms in total. The number of fused-ring (bicyclic) bond motifs is 3. The fourth-order valence-electron chi connectivity index (χ4n) is 3.83. The van der Waals surface area contributed by atoms with Crippen molar-refractivity contribution in [2.45, 2.75) is 25.9 Å². The van der Waals surface area contributed by atoms with Crippen LogP contribution in [-0.4, -0.2) is 24.7 Å². The summed E-state index contributed by atoms with van der Waals surface area (Å²) in [4.78, 5) is 2.60. The molecule has 2 heteroatoms. The summed E-state index contributed by atoms with van der Waals surface area (Å²) in [5.41, 5.74) is 5.70. The van der Waals surface area contributed by atoms with Crippen molar-refractivity contribution < 1.29 is 4.74 Å². The summed E-state index contributed by atoms with van der Waals surface area (Å²) in [6, 6.07) is 17.7. The van der Waals surface area contributed by atoms with Gasteiger partial charge in [0.15, 0.2) is 0 Å². The third-order valence-corrected chi connectivity index (χ3v) is 4.88. The Bertz CT molecular complexity index is 598. The lowest BCUT2D eigenvalue weighted by atomic mass is 9.97. The Morgan fingerprint density at radius 1 is 0.909 bits per heavy atom. The van der Waals surface area contributed by atoms with Crippen molar-refractivity contribution >= 4 is 0 Å². The lowest BCUT2D eigenvalue weighted by Crippen LogP contribution is -2.32. The van der Waals surface area contributed by atoms with Crippen LogP contribution in [0.2, 0.25) is 0 Å². The minimum Gasteiger partial charge on any atom is -0.381 e. The second-order valence-electron chi connectivity index (χ2n) is 6.57. The molecule has 114 valence electrons. The van der Waals surface area contributed by atoms with Gasteiger partial charge in [-0.05, 0) is 41.0 Å². The standard InChI is InChI=1S/C20H23NO/c1-3-9-19-17(7-1)13-21(12-16-6-5-11-22-15-16)14-18-8-2-4-10-20(18)19/h1-4,7-10,16H,5-6,11-15H2/t16-/m1/s1. The predicted molar refractivity (Wildman–Crippen MR) is 89.5 cm³/mol. The normalized spacial score (nSPS) is 21.7. The minimum atomic E-state index is 0.686. The third kappa shape index (κ3) is 2.81. The Morgan fingerprint density at radius 3 is 2.14 bits per heavy atom. The predicted octanol–water partition coefficient (Wildman–Crippen LogP) is 4.10. The molecule has 0 unspecified atom stereocenters. The average Bonchev–Trinajstić information content (AvgIpc) is 2.72. The SMILES string of the molecule is c1ccc2c(c1)CN(C[C@H]1CCCOC1)Cc1ccccc1-2. The van der Waals surface area contributed by atoms with Crippen LogP contribution in [0, 0.1) is 5.92 Å². The van der Waals surface area contributed by atoms with Crippen molar-refractivity contribution in [1.82, 2.24) is 4.90 Å². The Morgan fingerprint density at radius 2 is 1.55 bits per heavy atom. The van der Waals surface area contributed by atoms with E-state index in [-0.39, 0.29) is 0 Å². The van der Waals surface area contributed by atoms with Gasteiger partial charge in [0.1, 0.15) is 0 Å². The molecule has 1 saturated heterocycles. The third-order valence-electron chi connectivity index (χ3n) is 4.88. The highest BCUT2D eigenvalue weighted by Gasteiger charge is 2.22. The van der Waals surface area contributed by atoms with Crippen LogP contribution in [0.1, 0.15) is 24.0 Å². The summed E-state index contributed by atoms with van der Waals surface area (Å²) in [5.74, 6) is 0.686. The zero-order valence-electron chi connectivity index (χ0n) is 13.0. The molecule has 1 atom stereocenters. The van der Waals surface area contributed by atoms with Crippen LogP contribution >= 0.6 is 0 Å². The second kappa shape index (κ2) is 6.23. The second-order valence-corrected chi connectivity index (χ2v) is 6.57. The van der Waals surface area contributed by atoms with Crippen LogP contribution in [-0.2, 0) is 17.8 Å². The summed E-state index contributed by atoms with van der Waals surface area (Å²) in [6.45, 7) is 5.10. The van der Waals surface area contributed by atoms with E-state index in [0.717, 1.165) is 32.8 Å². The molecule has 0 bridgehead atoms. The van der Waals surface area contributed by atoms with E-state index in [2.05, 4.69) is 53.4 Å². The van der Waals surface area contributed by atoms with Crippen molar-refractivity contribution in [3.8, 4) is 11.1 Å². The summed E-state index contributed by atoms with van der Waals surface area (Å²) >= 11 is 0. The van der Waals surface area contributed by atoms with E-state index >= 15 is 0 Å². The molecule has 4 rings (SSSR count). The molecule has 2 aromatic rings. The van der Waals surface area contributed by atoms with Gasteiger partial charge in [0.25, 0.3) is 0 Å². The van der Waals surface area contributed by atoms with Gasteiger partial charge in [-0.1, -0.05) is 48.5 Å². The van der Waals surface area contributed by atoms with Gasteiger partial charge < -0.3 is 4.74 Å². The van der Waals surface area contributed by atoms with Crippen molar-refractivity contribution in [1.29, 1.82) is 0 Å². The fourth-order valence-corrected chi connectivity index (χ4v) is 3.83. The number of nitrogens with zero attached hydrogens (tertiary/aromatic N) is 1. The van der Waals surface area contributed by atoms with Crippen LogP contribution < -0.4 is 0 Å². The van der Waals surface area contributed by atoms with E-state index in [4.69, 9.17) is 4.74 Å². The molecule has 2 aromatic carbocycles. The highest BCUT2D eigenvalue weighted by atomic mass is 16.5. The maximum absolute atomic E-state index is 5.67. The largest absolute Gasteiger partial charge is 0.381 e. The molecule has 0 saturated carbocycles. The molecular weight excluding hydrogens is 270 g/mol. The van der Waals surface area contributed by atoms with Crippen LogP contribution in [0.5, 0.6) is 0 Å². The first-order valence-corrected chi connectivity index (χ1v) is 8.36. The van der Waals surface area contributed by atoms with Gasteiger partial charge >= 0.3 is 0 Å². The molecule has 2 aliphatic rings.